The Morgan fingerprint density at radius 3 is 2.85 bits per heavy atom. The van der Waals surface area contributed by atoms with Gasteiger partial charge in [0.1, 0.15) is 0 Å². The molecule has 4 heteroatoms. The Balaban J connectivity index is 1.41. The molecule has 0 aromatic heterocycles. The van der Waals surface area contributed by atoms with Crippen molar-refractivity contribution < 1.29 is 4.79 Å². The summed E-state index contributed by atoms with van der Waals surface area (Å²) < 4.78 is 0. The van der Waals surface area contributed by atoms with Gasteiger partial charge in [-0.15, -0.1) is 11.8 Å². The molecular formula is C16H22N2OS. The van der Waals surface area contributed by atoms with Crippen molar-refractivity contribution in [2.75, 3.05) is 12.3 Å². The molecule has 1 aromatic rings. The number of benzene rings is 1. The van der Waals surface area contributed by atoms with Gasteiger partial charge in [-0.3, -0.25) is 4.79 Å². The smallest absolute Gasteiger partial charge is 0.230 e. The Morgan fingerprint density at radius 2 is 2.10 bits per heavy atom. The SMILES string of the molecule is O=C(CSc1cccc(CNC2CC2)c1)NCC1CC1. The number of carbonyl (C=O) groups excluding carboxylic acids is 1. The summed E-state index contributed by atoms with van der Waals surface area (Å²) in [5.74, 6) is 1.43. The summed E-state index contributed by atoms with van der Waals surface area (Å²) in [4.78, 5) is 12.9. The van der Waals surface area contributed by atoms with E-state index in [1.165, 1.54) is 36.1 Å². The van der Waals surface area contributed by atoms with Crippen molar-refractivity contribution in [3.05, 3.63) is 29.8 Å². The van der Waals surface area contributed by atoms with Gasteiger partial charge in [0.05, 0.1) is 5.75 Å². The van der Waals surface area contributed by atoms with E-state index in [2.05, 4.69) is 34.9 Å². The molecule has 2 aliphatic rings. The Labute approximate surface area is 124 Å². The van der Waals surface area contributed by atoms with Crippen LogP contribution in [0.3, 0.4) is 0 Å². The number of thioether (sulfide) groups is 1. The summed E-state index contributed by atoms with van der Waals surface area (Å²) in [5, 5.41) is 6.52. The van der Waals surface area contributed by atoms with E-state index in [1.54, 1.807) is 11.8 Å². The molecule has 1 amide bonds. The maximum absolute atomic E-state index is 11.7. The maximum atomic E-state index is 11.7. The summed E-state index contributed by atoms with van der Waals surface area (Å²) >= 11 is 1.62. The lowest BCUT2D eigenvalue weighted by molar-refractivity contribution is -0.118. The van der Waals surface area contributed by atoms with E-state index >= 15 is 0 Å². The van der Waals surface area contributed by atoms with Crippen molar-refractivity contribution in [3.63, 3.8) is 0 Å². The third kappa shape index (κ3) is 4.84. The van der Waals surface area contributed by atoms with Crippen molar-refractivity contribution >= 4 is 17.7 Å². The van der Waals surface area contributed by atoms with E-state index in [0.29, 0.717) is 5.75 Å². The highest BCUT2D eigenvalue weighted by Crippen LogP contribution is 2.27. The van der Waals surface area contributed by atoms with E-state index in [4.69, 9.17) is 0 Å². The lowest BCUT2D eigenvalue weighted by atomic mass is 10.2. The van der Waals surface area contributed by atoms with Gasteiger partial charge in [0.25, 0.3) is 0 Å². The van der Waals surface area contributed by atoms with Crippen molar-refractivity contribution in [1.82, 2.24) is 10.6 Å². The summed E-state index contributed by atoms with van der Waals surface area (Å²) in [6, 6.07) is 9.23. The fourth-order valence-electron chi connectivity index (χ4n) is 2.07. The zero-order chi connectivity index (χ0) is 13.8. The molecule has 0 radical (unpaired) electrons. The van der Waals surface area contributed by atoms with Crippen LogP contribution in [0.2, 0.25) is 0 Å². The Hall–Kier alpha value is -1.00. The fraction of sp³-hybridized carbons (Fsp3) is 0.562. The molecule has 0 atom stereocenters. The molecule has 0 spiro atoms. The molecule has 0 aliphatic heterocycles. The second-order valence-corrected chi connectivity index (χ2v) is 6.89. The minimum atomic E-state index is 0.156. The Bertz CT molecular complexity index is 469. The lowest BCUT2D eigenvalue weighted by Gasteiger charge is -2.07. The number of hydrogen-bond acceptors (Lipinski definition) is 3. The quantitative estimate of drug-likeness (QED) is 0.723. The van der Waals surface area contributed by atoms with Gasteiger partial charge in [-0.05, 0) is 49.3 Å². The predicted octanol–water partition coefficient (Wildman–Crippen LogP) is 2.56. The van der Waals surface area contributed by atoms with Crippen LogP contribution in [0.4, 0.5) is 0 Å². The second kappa shape index (κ2) is 6.64. The molecule has 108 valence electrons. The summed E-state index contributed by atoms with van der Waals surface area (Å²) in [5.41, 5.74) is 1.31. The molecule has 0 bridgehead atoms. The molecule has 3 rings (SSSR count). The average Bonchev–Trinajstić information content (AvgIpc) is 3.36. The van der Waals surface area contributed by atoms with Crippen molar-refractivity contribution in [2.45, 2.75) is 43.2 Å². The summed E-state index contributed by atoms with van der Waals surface area (Å²) in [6.45, 7) is 1.80. The van der Waals surface area contributed by atoms with E-state index in [0.717, 1.165) is 25.0 Å². The van der Waals surface area contributed by atoms with Crippen molar-refractivity contribution in [1.29, 1.82) is 0 Å². The standard InChI is InChI=1S/C16H22N2OS/c19-16(18-9-12-4-5-12)11-20-15-3-1-2-13(8-15)10-17-14-6-7-14/h1-3,8,12,14,17H,4-7,9-11H2,(H,18,19). The average molecular weight is 290 g/mol. The van der Waals surface area contributed by atoms with Crippen molar-refractivity contribution in [2.24, 2.45) is 5.92 Å². The van der Waals surface area contributed by atoms with Gasteiger partial charge >= 0.3 is 0 Å². The van der Waals surface area contributed by atoms with Gasteiger partial charge < -0.3 is 10.6 Å². The third-order valence-electron chi connectivity index (χ3n) is 3.73. The first kappa shape index (κ1) is 14.0. The monoisotopic (exact) mass is 290 g/mol. The number of amides is 1. The van der Waals surface area contributed by atoms with Crippen LogP contribution in [0.1, 0.15) is 31.2 Å². The minimum absolute atomic E-state index is 0.156. The van der Waals surface area contributed by atoms with E-state index in [1.807, 2.05) is 0 Å². The molecule has 1 aromatic carbocycles. The largest absolute Gasteiger partial charge is 0.355 e. The highest BCUT2D eigenvalue weighted by Gasteiger charge is 2.21. The van der Waals surface area contributed by atoms with Gasteiger partial charge in [-0.25, -0.2) is 0 Å². The maximum Gasteiger partial charge on any atom is 0.230 e. The number of hydrogen-bond donors (Lipinski definition) is 2. The summed E-state index contributed by atoms with van der Waals surface area (Å²) in [7, 11) is 0. The predicted molar refractivity (Wildman–Crippen MR) is 82.8 cm³/mol. The number of nitrogens with one attached hydrogen (secondary N) is 2. The number of rotatable bonds is 8. The van der Waals surface area contributed by atoms with Gasteiger partial charge in [0, 0.05) is 24.0 Å². The molecule has 2 fully saturated rings. The highest BCUT2D eigenvalue weighted by atomic mass is 32.2. The highest BCUT2D eigenvalue weighted by molar-refractivity contribution is 8.00. The van der Waals surface area contributed by atoms with Gasteiger partial charge in [-0.2, -0.15) is 0 Å². The van der Waals surface area contributed by atoms with Crippen LogP contribution in [0.5, 0.6) is 0 Å². The molecule has 0 unspecified atom stereocenters. The fourth-order valence-corrected chi connectivity index (χ4v) is 2.88. The van der Waals surface area contributed by atoms with E-state index in [-0.39, 0.29) is 5.91 Å². The van der Waals surface area contributed by atoms with Crippen LogP contribution in [0.15, 0.2) is 29.2 Å². The topological polar surface area (TPSA) is 41.1 Å². The van der Waals surface area contributed by atoms with Gasteiger partial charge in [0.2, 0.25) is 5.91 Å². The third-order valence-corrected chi connectivity index (χ3v) is 4.72. The Kier molecular flexibility index (Phi) is 4.63. The van der Waals surface area contributed by atoms with Crippen LogP contribution in [0.25, 0.3) is 0 Å². The second-order valence-electron chi connectivity index (χ2n) is 5.84. The molecule has 20 heavy (non-hydrogen) atoms. The molecule has 0 heterocycles. The van der Waals surface area contributed by atoms with E-state index in [9.17, 15) is 4.79 Å². The number of carbonyl (C=O) groups is 1. The normalized spacial score (nSPS) is 18.0. The zero-order valence-electron chi connectivity index (χ0n) is 11.7. The molecule has 2 aliphatic carbocycles. The van der Waals surface area contributed by atoms with Crippen LogP contribution in [-0.4, -0.2) is 24.2 Å². The van der Waals surface area contributed by atoms with Crippen LogP contribution >= 0.6 is 11.8 Å². The van der Waals surface area contributed by atoms with Gasteiger partial charge in [0.15, 0.2) is 0 Å². The molecule has 0 saturated heterocycles. The molecular weight excluding hydrogens is 268 g/mol. The molecule has 3 nitrogen and oxygen atoms in total. The van der Waals surface area contributed by atoms with Crippen LogP contribution in [0, 0.1) is 5.92 Å². The van der Waals surface area contributed by atoms with Crippen LogP contribution in [-0.2, 0) is 11.3 Å². The first-order chi connectivity index (χ1) is 9.79. The zero-order valence-corrected chi connectivity index (χ0v) is 12.5. The van der Waals surface area contributed by atoms with Crippen molar-refractivity contribution in [3.8, 4) is 0 Å². The minimum Gasteiger partial charge on any atom is -0.355 e. The first-order valence-electron chi connectivity index (χ1n) is 7.51. The van der Waals surface area contributed by atoms with Gasteiger partial charge in [-0.1, -0.05) is 12.1 Å². The Morgan fingerprint density at radius 1 is 1.25 bits per heavy atom. The first-order valence-corrected chi connectivity index (χ1v) is 8.50. The lowest BCUT2D eigenvalue weighted by Crippen LogP contribution is -2.27. The van der Waals surface area contributed by atoms with Crippen LogP contribution < -0.4 is 10.6 Å². The van der Waals surface area contributed by atoms with E-state index < -0.39 is 0 Å². The molecule has 2 saturated carbocycles. The molecule has 2 N–H and O–H groups in total. The summed E-state index contributed by atoms with van der Waals surface area (Å²) in [6.07, 6.45) is 5.19.